The van der Waals surface area contributed by atoms with E-state index in [1.54, 1.807) is 31.4 Å². The highest BCUT2D eigenvalue weighted by Crippen LogP contribution is 2.29. The molecule has 0 amide bonds. The molecule has 0 unspecified atom stereocenters. The zero-order valence-corrected chi connectivity index (χ0v) is 16.0. The summed E-state index contributed by atoms with van der Waals surface area (Å²) in [5, 5.41) is 0.958. The molecule has 0 aliphatic carbocycles. The average Bonchev–Trinajstić information content (AvgIpc) is 3.04. The van der Waals surface area contributed by atoms with Gasteiger partial charge in [-0.1, -0.05) is 11.6 Å². The minimum absolute atomic E-state index is 0.205. The molecule has 0 saturated heterocycles. The highest BCUT2D eigenvalue weighted by Gasteiger charge is 2.25. The lowest BCUT2D eigenvalue weighted by Gasteiger charge is -2.17. The van der Waals surface area contributed by atoms with Crippen LogP contribution in [0.5, 0.6) is 0 Å². The largest absolute Gasteiger partial charge is 0.335 e. The normalized spacial score (nSPS) is 14.7. The van der Waals surface area contributed by atoms with E-state index in [4.69, 9.17) is 11.6 Å². The smallest absolute Gasteiger partial charge is 0.243 e. The molecule has 26 heavy (non-hydrogen) atoms. The van der Waals surface area contributed by atoms with Crippen molar-refractivity contribution in [2.24, 2.45) is 0 Å². The molecule has 0 N–H and O–H groups in total. The van der Waals surface area contributed by atoms with E-state index < -0.39 is 10.0 Å². The van der Waals surface area contributed by atoms with Gasteiger partial charge in [0.25, 0.3) is 0 Å². The Morgan fingerprint density at radius 2 is 2.12 bits per heavy atom. The molecule has 4 rings (SSSR count). The Kier molecular flexibility index (Phi) is 4.46. The van der Waals surface area contributed by atoms with Gasteiger partial charge in [0, 0.05) is 37.8 Å². The van der Waals surface area contributed by atoms with Crippen LogP contribution in [0.1, 0.15) is 24.4 Å². The molecule has 0 bridgehead atoms. The molecule has 0 saturated carbocycles. The molecule has 6 nitrogen and oxygen atoms in total. The first-order valence-corrected chi connectivity index (χ1v) is 10.3. The molecule has 1 aliphatic rings. The maximum atomic E-state index is 13.1. The third-order valence-corrected chi connectivity index (χ3v) is 6.88. The van der Waals surface area contributed by atoms with Gasteiger partial charge in [0.1, 0.15) is 5.82 Å². The summed E-state index contributed by atoms with van der Waals surface area (Å²) >= 11 is 6.16. The summed E-state index contributed by atoms with van der Waals surface area (Å²) in [7, 11) is -2.12. The second-order valence-electron chi connectivity index (χ2n) is 6.51. The van der Waals surface area contributed by atoms with Gasteiger partial charge in [0.2, 0.25) is 10.0 Å². The minimum Gasteiger partial charge on any atom is -0.335 e. The predicted molar refractivity (Wildman–Crippen MR) is 101 cm³/mol. The number of aryl methyl sites for hydroxylation is 2. The van der Waals surface area contributed by atoms with Crippen molar-refractivity contribution in [2.75, 3.05) is 7.05 Å². The van der Waals surface area contributed by atoms with E-state index in [1.807, 2.05) is 6.20 Å². The molecular formula is C18H19ClN4O2S. The van der Waals surface area contributed by atoms with Gasteiger partial charge in [-0.15, -0.1) is 0 Å². The first-order valence-electron chi connectivity index (χ1n) is 8.51. The quantitative estimate of drug-likeness (QED) is 0.685. The number of sulfonamides is 1. The van der Waals surface area contributed by atoms with Crippen LogP contribution in [-0.4, -0.2) is 34.3 Å². The third kappa shape index (κ3) is 3.00. The Balaban J connectivity index is 1.68. The van der Waals surface area contributed by atoms with E-state index >= 15 is 0 Å². The van der Waals surface area contributed by atoms with Crippen molar-refractivity contribution in [1.82, 2.24) is 18.8 Å². The monoisotopic (exact) mass is 390 g/mol. The van der Waals surface area contributed by atoms with Gasteiger partial charge in [-0.25, -0.2) is 13.4 Å². The van der Waals surface area contributed by atoms with Crippen molar-refractivity contribution < 1.29 is 8.42 Å². The maximum absolute atomic E-state index is 13.1. The van der Waals surface area contributed by atoms with Crippen molar-refractivity contribution in [3.8, 4) is 0 Å². The summed E-state index contributed by atoms with van der Waals surface area (Å²) in [6.45, 7) is 1.18. The lowest BCUT2D eigenvalue weighted by Crippen LogP contribution is -2.27. The van der Waals surface area contributed by atoms with E-state index in [0.717, 1.165) is 37.3 Å². The topological polar surface area (TPSA) is 68.1 Å². The summed E-state index contributed by atoms with van der Waals surface area (Å²) in [6, 6.07) is 6.55. The lowest BCUT2D eigenvalue weighted by atomic mass is 10.2. The Bertz CT molecular complexity index is 1050. The fourth-order valence-corrected chi connectivity index (χ4v) is 4.90. The number of pyridine rings is 1. The fourth-order valence-electron chi connectivity index (χ4n) is 3.37. The lowest BCUT2D eigenvalue weighted by molar-refractivity contribution is 0.463. The minimum atomic E-state index is -3.70. The number of imidazole rings is 1. The van der Waals surface area contributed by atoms with Crippen LogP contribution in [0.4, 0.5) is 0 Å². The van der Waals surface area contributed by atoms with Crippen LogP contribution in [0.25, 0.3) is 10.9 Å². The van der Waals surface area contributed by atoms with Crippen molar-refractivity contribution in [3.63, 3.8) is 0 Å². The Labute approximate surface area is 157 Å². The van der Waals surface area contributed by atoms with Crippen LogP contribution in [0.3, 0.4) is 0 Å². The fraction of sp³-hybridized carbons (Fsp3) is 0.333. The molecule has 0 spiro atoms. The summed E-state index contributed by atoms with van der Waals surface area (Å²) in [5.74, 6) is 1.04. The Hall–Kier alpha value is -1.96. The standard InChI is InChI=1S/C18H19ClN4O2S/c1-22(11-13-12-23-10-3-2-6-17(23)21-13)26(24,25)16-8-7-15(19)18-14(16)5-4-9-20-18/h4-5,7-9,12H,2-3,6,10-11H2,1H3. The van der Waals surface area contributed by atoms with Gasteiger partial charge >= 0.3 is 0 Å². The van der Waals surface area contributed by atoms with Crippen LogP contribution in [0.15, 0.2) is 41.6 Å². The van der Waals surface area contributed by atoms with E-state index in [9.17, 15) is 8.42 Å². The molecule has 3 aromatic rings. The first-order chi connectivity index (χ1) is 12.5. The molecule has 1 aliphatic heterocycles. The van der Waals surface area contributed by atoms with Gasteiger partial charge in [-0.3, -0.25) is 4.98 Å². The van der Waals surface area contributed by atoms with E-state index in [0.29, 0.717) is 15.9 Å². The van der Waals surface area contributed by atoms with E-state index in [1.165, 1.54) is 10.4 Å². The zero-order chi connectivity index (χ0) is 18.3. The maximum Gasteiger partial charge on any atom is 0.243 e. The molecule has 2 aromatic heterocycles. The van der Waals surface area contributed by atoms with Gasteiger partial charge in [0.15, 0.2) is 0 Å². The number of rotatable bonds is 4. The van der Waals surface area contributed by atoms with E-state index in [2.05, 4.69) is 14.5 Å². The molecular weight excluding hydrogens is 372 g/mol. The third-order valence-electron chi connectivity index (χ3n) is 4.71. The number of hydrogen-bond acceptors (Lipinski definition) is 4. The van der Waals surface area contributed by atoms with Crippen LogP contribution in [0, 0.1) is 0 Å². The second-order valence-corrected chi connectivity index (χ2v) is 8.93. The van der Waals surface area contributed by atoms with Crippen molar-refractivity contribution in [1.29, 1.82) is 0 Å². The highest BCUT2D eigenvalue weighted by atomic mass is 35.5. The van der Waals surface area contributed by atoms with E-state index in [-0.39, 0.29) is 11.4 Å². The summed E-state index contributed by atoms with van der Waals surface area (Å²) < 4.78 is 29.7. The molecule has 0 radical (unpaired) electrons. The number of fused-ring (bicyclic) bond motifs is 2. The SMILES string of the molecule is CN(Cc1cn2c(n1)CCCC2)S(=O)(=O)c1ccc(Cl)c2ncccc12. The van der Waals surface area contributed by atoms with Gasteiger partial charge in [-0.05, 0) is 37.1 Å². The predicted octanol–water partition coefficient (Wildman–Crippen LogP) is 3.24. The van der Waals surface area contributed by atoms with Crippen LogP contribution in [0.2, 0.25) is 5.02 Å². The summed E-state index contributed by atoms with van der Waals surface area (Å²) in [6.07, 6.45) is 6.78. The first kappa shape index (κ1) is 17.5. The number of benzene rings is 1. The molecule has 8 heteroatoms. The van der Waals surface area contributed by atoms with Crippen molar-refractivity contribution in [3.05, 3.63) is 53.2 Å². The van der Waals surface area contributed by atoms with Gasteiger partial charge in [-0.2, -0.15) is 4.31 Å². The number of aromatic nitrogens is 3. The van der Waals surface area contributed by atoms with Gasteiger partial charge in [0.05, 0.1) is 27.7 Å². The zero-order valence-electron chi connectivity index (χ0n) is 14.4. The summed E-state index contributed by atoms with van der Waals surface area (Å²) in [4.78, 5) is 9.01. The second kappa shape index (κ2) is 6.64. The van der Waals surface area contributed by atoms with Crippen LogP contribution in [-0.2, 0) is 29.5 Å². The Morgan fingerprint density at radius 1 is 1.27 bits per heavy atom. The summed E-state index contributed by atoms with van der Waals surface area (Å²) in [5.41, 5.74) is 1.26. The molecule has 136 valence electrons. The Morgan fingerprint density at radius 3 is 2.92 bits per heavy atom. The molecule has 1 aromatic carbocycles. The molecule has 0 fully saturated rings. The number of nitrogens with zero attached hydrogens (tertiary/aromatic N) is 4. The van der Waals surface area contributed by atoms with Crippen molar-refractivity contribution >= 4 is 32.5 Å². The van der Waals surface area contributed by atoms with Crippen LogP contribution < -0.4 is 0 Å². The molecule has 0 atom stereocenters. The van der Waals surface area contributed by atoms with Crippen molar-refractivity contribution in [2.45, 2.75) is 37.2 Å². The van der Waals surface area contributed by atoms with Gasteiger partial charge < -0.3 is 4.57 Å². The molecule has 3 heterocycles. The van der Waals surface area contributed by atoms with Crippen LogP contribution >= 0.6 is 11.6 Å². The average molecular weight is 391 g/mol. The highest BCUT2D eigenvalue weighted by molar-refractivity contribution is 7.89. The number of hydrogen-bond donors (Lipinski definition) is 0. The number of halogens is 1.